The van der Waals surface area contributed by atoms with Crippen LogP contribution >= 0.6 is 0 Å². The summed E-state index contributed by atoms with van der Waals surface area (Å²) in [6, 6.07) is 8.85. The molecule has 3 N–H and O–H groups in total. The van der Waals surface area contributed by atoms with Gasteiger partial charge in [0.2, 0.25) is 0 Å². The summed E-state index contributed by atoms with van der Waals surface area (Å²) in [6.45, 7) is 1.32. The van der Waals surface area contributed by atoms with Crippen LogP contribution in [0, 0.1) is 24.2 Å². The molecule has 2 unspecified atom stereocenters. The Hall–Kier alpha value is -1.30. The van der Waals surface area contributed by atoms with Crippen LogP contribution in [0.3, 0.4) is 0 Å². The van der Waals surface area contributed by atoms with Crippen molar-refractivity contribution < 1.29 is 0 Å². The van der Waals surface area contributed by atoms with E-state index in [2.05, 4.69) is 35.5 Å². The molecule has 1 aromatic rings. The molecule has 19 heavy (non-hydrogen) atoms. The van der Waals surface area contributed by atoms with Gasteiger partial charge in [-0.3, -0.25) is 5.32 Å². The first-order valence-corrected chi connectivity index (χ1v) is 7.25. The second-order valence-corrected chi connectivity index (χ2v) is 5.95. The standard InChI is InChI=1S/C17H22N2/c1-2-9-19-17(12-18)15-7-8-16(17)11-14-6-4-3-5-13(14)10-15/h1,3-6,15-16,19H,7-12,18H2. The number of rotatable bonds is 3. The molecule has 2 nitrogen and oxygen atoms in total. The topological polar surface area (TPSA) is 38.0 Å². The molecule has 1 aromatic carbocycles. The zero-order valence-corrected chi connectivity index (χ0v) is 11.4. The number of benzene rings is 1. The minimum absolute atomic E-state index is 0.0470. The molecule has 2 aliphatic carbocycles. The second kappa shape index (κ2) is 5.00. The molecule has 2 atom stereocenters. The Kier molecular flexibility index (Phi) is 3.35. The lowest BCUT2D eigenvalue weighted by molar-refractivity contribution is 0.203. The van der Waals surface area contributed by atoms with Crippen molar-refractivity contribution in [3.05, 3.63) is 35.4 Å². The maximum absolute atomic E-state index is 6.17. The van der Waals surface area contributed by atoms with Crippen molar-refractivity contribution >= 4 is 0 Å². The molecule has 0 spiro atoms. The van der Waals surface area contributed by atoms with Crippen molar-refractivity contribution in [3.8, 4) is 12.3 Å². The van der Waals surface area contributed by atoms with Crippen molar-refractivity contribution in [3.63, 3.8) is 0 Å². The first-order chi connectivity index (χ1) is 9.30. The maximum atomic E-state index is 6.17. The van der Waals surface area contributed by atoms with E-state index in [1.54, 1.807) is 0 Å². The van der Waals surface area contributed by atoms with Gasteiger partial charge in [0.25, 0.3) is 0 Å². The third-order valence-corrected chi connectivity index (χ3v) is 5.23. The van der Waals surface area contributed by atoms with E-state index in [0.29, 0.717) is 24.9 Å². The molecule has 0 radical (unpaired) electrons. The Morgan fingerprint density at radius 1 is 1.21 bits per heavy atom. The van der Waals surface area contributed by atoms with E-state index in [1.165, 1.54) is 24.0 Å². The van der Waals surface area contributed by atoms with E-state index in [0.717, 1.165) is 12.8 Å². The maximum Gasteiger partial charge on any atom is 0.0578 e. The van der Waals surface area contributed by atoms with Gasteiger partial charge < -0.3 is 5.73 Å². The number of hydrogen-bond acceptors (Lipinski definition) is 2. The Morgan fingerprint density at radius 3 is 2.26 bits per heavy atom. The van der Waals surface area contributed by atoms with Crippen LogP contribution in [0.5, 0.6) is 0 Å². The molecule has 0 aliphatic heterocycles. The fourth-order valence-corrected chi connectivity index (χ4v) is 4.22. The van der Waals surface area contributed by atoms with Crippen LogP contribution in [0.25, 0.3) is 0 Å². The number of fused-ring (bicyclic) bond motifs is 3. The van der Waals surface area contributed by atoms with Crippen LogP contribution < -0.4 is 11.1 Å². The highest BCUT2D eigenvalue weighted by Gasteiger charge is 2.50. The molecule has 1 fully saturated rings. The monoisotopic (exact) mass is 254 g/mol. The summed E-state index contributed by atoms with van der Waals surface area (Å²) in [6.07, 6.45) is 10.3. The highest BCUT2D eigenvalue weighted by molar-refractivity contribution is 5.32. The molecule has 0 heterocycles. The quantitative estimate of drug-likeness (QED) is 0.806. The van der Waals surface area contributed by atoms with E-state index in [1.807, 2.05) is 0 Å². The SMILES string of the molecule is C#CCNC1(CN)C2CCC1Cc1ccccc1C2. The van der Waals surface area contributed by atoms with Crippen molar-refractivity contribution in [1.29, 1.82) is 0 Å². The third kappa shape index (κ3) is 1.98. The Morgan fingerprint density at radius 2 is 1.79 bits per heavy atom. The molecular weight excluding hydrogens is 232 g/mol. The Bertz CT molecular complexity index is 467. The smallest absolute Gasteiger partial charge is 0.0578 e. The summed E-state index contributed by atoms with van der Waals surface area (Å²) in [5, 5.41) is 3.61. The van der Waals surface area contributed by atoms with E-state index in [9.17, 15) is 0 Å². The fourth-order valence-electron chi connectivity index (χ4n) is 4.22. The lowest BCUT2D eigenvalue weighted by Gasteiger charge is -2.39. The van der Waals surface area contributed by atoms with Gasteiger partial charge in [-0.2, -0.15) is 0 Å². The summed E-state index contributed by atoms with van der Waals surface area (Å²) in [4.78, 5) is 0. The molecule has 3 rings (SSSR count). The Labute approximate surface area is 115 Å². The van der Waals surface area contributed by atoms with Crippen LogP contribution in [0.1, 0.15) is 24.0 Å². The van der Waals surface area contributed by atoms with E-state index >= 15 is 0 Å². The molecule has 2 aliphatic rings. The van der Waals surface area contributed by atoms with Crippen LogP contribution in [0.4, 0.5) is 0 Å². The number of terminal acetylenes is 1. The summed E-state index contributed by atoms with van der Waals surface area (Å²) in [5.41, 5.74) is 9.24. The Balaban J connectivity index is 1.96. The lowest BCUT2D eigenvalue weighted by atomic mass is 9.79. The van der Waals surface area contributed by atoms with Gasteiger partial charge in [0, 0.05) is 12.1 Å². The normalized spacial score (nSPS) is 32.4. The first kappa shape index (κ1) is 12.7. The van der Waals surface area contributed by atoms with Crippen molar-refractivity contribution in [2.75, 3.05) is 13.1 Å². The molecule has 0 aromatic heterocycles. The number of hydrogen-bond donors (Lipinski definition) is 2. The van der Waals surface area contributed by atoms with E-state index < -0.39 is 0 Å². The number of nitrogens with two attached hydrogens (primary N) is 1. The first-order valence-electron chi connectivity index (χ1n) is 7.25. The molecule has 0 amide bonds. The molecular formula is C17H22N2. The molecule has 100 valence electrons. The third-order valence-electron chi connectivity index (χ3n) is 5.23. The van der Waals surface area contributed by atoms with Gasteiger partial charge >= 0.3 is 0 Å². The predicted octanol–water partition coefficient (Wildman–Crippen LogP) is 1.73. The average Bonchev–Trinajstić information content (AvgIpc) is 2.68. The summed E-state index contributed by atoms with van der Waals surface area (Å²) in [7, 11) is 0. The zero-order chi connectivity index (χ0) is 13.3. The van der Waals surface area contributed by atoms with Crippen molar-refractivity contribution in [2.45, 2.75) is 31.2 Å². The zero-order valence-electron chi connectivity index (χ0n) is 11.4. The van der Waals surface area contributed by atoms with Gasteiger partial charge in [-0.05, 0) is 48.6 Å². The average molecular weight is 254 g/mol. The van der Waals surface area contributed by atoms with Gasteiger partial charge in [0.15, 0.2) is 0 Å². The van der Waals surface area contributed by atoms with Gasteiger partial charge in [-0.1, -0.05) is 30.2 Å². The summed E-state index contributed by atoms with van der Waals surface area (Å²) >= 11 is 0. The lowest BCUT2D eigenvalue weighted by Crippen LogP contribution is -2.58. The minimum atomic E-state index is 0.0470. The largest absolute Gasteiger partial charge is 0.329 e. The van der Waals surface area contributed by atoms with Crippen molar-refractivity contribution in [1.82, 2.24) is 5.32 Å². The molecule has 2 bridgehead atoms. The van der Waals surface area contributed by atoms with Gasteiger partial charge in [-0.15, -0.1) is 6.42 Å². The number of nitrogens with one attached hydrogen (secondary N) is 1. The molecule has 0 saturated heterocycles. The van der Waals surface area contributed by atoms with Crippen molar-refractivity contribution in [2.24, 2.45) is 17.6 Å². The van der Waals surface area contributed by atoms with Gasteiger partial charge in [0.1, 0.15) is 0 Å². The van der Waals surface area contributed by atoms with Crippen LogP contribution in [0.2, 0.25) is 0 Å². The minimum Gasteiger partial charge on any atom is -0.329 e. The van der Waals surface area contributed by atoms with Gasteiger partial charge in [0.05, 0.1) is 6.54 Å². The second-order valence-electron chi connectivity index (χ2n) is 5.95. The molecule has 1 saturated carbocycles. The summed E-state index contributed by atoms with van der Waals surface area (Å²) < 4.78 is 0. The fraction of sp³-hybridized carbons (Fsp3) is 0.529. The van der Waals surface area contributed by atoms with Crippen LogP contribution in [0.15, 0.2) is 24.3 Å². The summed E-state index contributed by atoms with van der Waals surface area (Å²) in [5.74, 6) is 3.97. The van der Waals surface area contributed by atoms with E-state index in [-0.39, 0.29) is 5.54 Å². The van der Waals surface area contributed by atoms with Gasteiger partial charge in [-0.25, -0.2) is 0 Å². The van der Waals surface area contributed by atoms with Crippen LogP contribution in [-0.2, 0) is 12.8 Å². The van der Waals surface area contributed by atoms with Crippen LogP contribution in [-0.4, -0.2) is 18.6 Å². The van der Waals surface area contributed by atoms with E-state index in [4.69, 9.17) is 12.2 Å². The highest BCUT2D eigenvalue weighted by atomic mass is 15.0. The highest BCUT2D eigenvalue weighted by Crippen LogP contribution is 2.46. The molecule has 2 heteroatoms. The predicted molar refractivity (Wildman–Crippen MR) is 78.7 cm³/mol.